The largest absolute Gasteiger partial charge is 0.481 e. The molecule has 4 nitrogen and oxygen atoms in total. The minimum atomic E-state index is -3.07. The van der Waals surface area contributed by atoms with E-state index in [1.165, 1.54) is 6.07 Å². The van der Waals surface area contributed by atoms with E-state index in [1.807, 2.05) is 0 Å². The first-order valence-corrected chi connectivity index (χ1v) is 4.69. The number of carboxylic acids is 1. The third kappa shape index (κ3) is 3.51. The summed E-state index contributed by atoms with van der Waals surface area (Å²) in [6.07, 6.45) is 0.0558. The SMILES string of the molecule is Cc1cc(CC(=O)O)c(OC(F)F)cc1C=O. The van der Waals surface area contributed by atoms with Crippen LogP contribution >= 0.6 is 0 Å². The minimum absolute atomic E-state index is 0.112. The van der Waals surface area contributed by atoms with Gasteiger partial charge in [0.1, 0.15) is 12.0 Å². The van der Waals surface area contributed by atoms with Crippen LogP contribution in [0.4, 0.5) is 8.78 Å². The monoisotopic (exact) mass is 244 g/mol. The molecule has 0 amide bonds. The number of halogens is 2. The van der Waals surface area contributed by atoms with Crippen molar-refractivity contribution < 1.29 is 28.2 Å². The van der Waals surface area contributed by atoms with Crippen LogP contribution in [-0.2, 0) is 11.2 Å². The third-order valence-electron chi connectivity index (χ3n) is 2.13. The van der Waals surface area contributed by atoms with Gasteiger partial charge < -0.3 is 9.84 Å². The highest BCUT2D eigenvalue weighted by molar-refractivity contribution is 5.79. The molecular weight excluding hydrogens is 234 g/mol. The van der Waals surface area contributed by atoms with Crippen molar-refractivity contribution in [1.29, 1.82) is 0 Å². The standard InChI is InChI=1S/C11H10F2O4/c1-6-2-7(4-10(15)16)9(17-11(12)13)3-8(6)5-14/h2-3,5,11H,4H2,1H3,(H,15,16). The molecule has 17 heavy (non-hydrogen) atoms. The van der Waals surface area contributed by atoms with Gasteiger partial charge in [0.2, 0.25) is 0 Å². The fourth-order valence-electron chi connectivity index (χ4n) is 1.40. The number of carboxylic acid groups (broad SMARTS) is 1. The van der Waals surface area contributed by atoms with Crippen LogP contribution in [0.5, 0.6) is 5.75 Å². The van der Waals surface area contributed by atoms with Crippen molar-refractivity contribution in [2.24, 2.45) is 0 Å². The molecule has 0 bridgehead atoms. The Balaban J connectivity index is 3.20. The molecule has 0 saturated heterocycles. The Bertz CT molecular complexity index is 443. The molecule has 0 fully saturated rings. The molecule has 0 radical (unpaired) electrons. The lowest BCUT2D eigenvalue weighted by atomic mass is 10.0. The number of benzene rings is 1. The molecule has 0 heterocycles. The van der Waals surface area contributed by atoms with Gasteiger partial charge in [0, 0.05) is 11.1 Å². The van der Waals surface area contributed by atoms with Gasteiger partial charge in [-0.3, -0.25) is 9.59 Å². The Hall–Kier alpha value is -1.98. The molecule has 6 heteroatoms. The Morgan fingerprint density at radius 3 is 2.65 bits per heavy atom. The summed E-state index contributed by atoms with van der Waals surface area (Å²) in [5.41, 5.74) is 0.813. The van der Waals surface area contributed by atoms with Crippen LogP contribution in [0.1, 0.15) is 21.5 Å². The van der Waals surface area contributed by atoms with Crippen molar-refractivity contribution in [3.8, 4) is 5.75 Å². The van der Waals surface area contributed by atoms with Crippen LogP contribution < -0.4 is 4.74 Å². The topological polar surface area (TPSA) is 63.6 Å². The van der Waals surface area contributed by atoms with Gasteiger partial charge in [-0.05, 0) is 18.6 Å². The number of hydrogen-bond donors (Lipinski definition) is 1. The van der Waals surface area contributed by atoms with E-state index in [9.17, 15) is 18.4 Å². The fraction of sp³-hybridized carbons (Fsp3) is 0.273. The van der Waals surface area contributed by atoms with Crippen molar-refractivity contribution in [2.45, 2.75) is 20.0 Å². The lowest BCUT2D eigenvalue weighted by Gasteiger charge is -2.11. The molecule has 0 atom stereocenters. The predicted molar refractivity (Wildman–Crippen MR) is 54.5 cm³/mol. The molecule has 92 valence electrons. The molecule has 1 N–H and O–H groups in total. The van der Waals surface area contributed by atoms with E-state index in [0.717, 1.165) is 6.07 Å². The van der Waals surface area contributed by atoms with E-state index in [-0.39, 0.29) is 16.9 Å². The molecule has 0 aliphatic heterocycles. The summed E-state index contributed by atoms with van der Waals surface area (Å²) in [5.74, 6) is -1.45. The fourth-order valence-corrected chi connectivity index (χ4v) is 1.40. The number of hydrogen-bond acceptors (Lipinski definition) is 3. The highest BCUT2D eigenvalue weighted by Gasteiger charge is 2.14. The number of aliphatic carboxylic acids is 1. The number of aldehydes is 1. The number of aryl methyl sites for hydroxylation is 1. The molecule has 1 aromatic carbocycles. The van der Waals surface area contributed by atoms with Crippen molar-refractivity contribution in [1.82, 2.24) is 0 Å². The van der Waals surface area contributed by atoms with Gasteiger partial charge >= 0.3 is 12.6 Å². The van der Waals surface area contributed by atoms with E-state index in [1.54, 1.807) is 6.92 Å². The first-order valence-electron chi connectivity index (χ1n) is 4.69. The lowest BCUT2D eigenvalue weighted by molar-refractivity contribution is -0.136. The van der Waals surface area contributed by atoms with Crippen molar-refractivity contribution >= 4 is 12.3 Å². The molecule has 0 unspecified atom stereocenters. The lowest BCUT2D eigenvalue weighted by Crippen LogP contribution is -2.09. The van der Waals surface area contributed by atoms with E-state index in [0.29, 0.717) is 11.8 Å². The second-order valence-electron chi connectivity index (χ2n) is 3.38. The number of ether oxygens (including phenoxy) is 1. The molecule has 0 aliphatic rings. The smallest absolute Gasteiger partial charge is 0.387 e. The van der Waals surface area contributed by atoms with Gasteiger partial charge in [-0.2, -0.15) is 8.78 Å². The molecule has 0 aliphatic carbocycles. The summed E-state index contributed by atoms with van der Waals surface area (Å²) in [5, 5.41) is 8.63. The third-order valence-corrected chi connectivity index (χ3v) is 2.13. The van der Waals surface area contributed by atoms with E-state index in [2.05, 4.69) is 4.74 Å². The van der Waals surface area contributed by atoms with E-state index >= 15 is 0 Å². The average molecular weight is 244 g/mol. The number of carbonyl (C=O) groups is 2. The zero-order valence-corrected chi connectivity index (χ0v) is 8.94. The van der Waals surface area contributed by atoms with Crippen LogP contribution in [0, 0.1) is 6.92 Å². The van der Waals surface area contributed by atoms with Crippen molar-refractivity contribution in [3.05, 3.63) is 28.8 Å². The predicted octanol–water partition coefficient (Wildman–Crippen LogP) is 2.04. The van der Waals surface area contributed by atoms with Crippen LogP contribution in [0.3, 0.4) is 0 Å². The molecular formula is C11H10F2O4. The Labute approximate surface area is 95.8 Å². The van der Waals surface area contributed by atoms with Gasteiger partial charge in [-0.15, -0.1) is 0 Å². The first-order chi connectivity index (χ1) is 7.93. The maximum Gasteiger partial charge on any atom is 0.387 e. The normalized spacial score (nSPS) is 10.4. The number of alkyl halides is 2. The Morgan fingerprint density at radius 1 is 1.53 bits per heavy atom. The van der Waals surface area contributed by atoms with E-state index < -0.39 is 19.0 Å². The number of rotatable bonds is 5. The zero-order valence-electron chi connectivity index (χ0n) is 8.94. The van der Waals surface area contributed by atoms with Crippen molar-refractivity contribution in [3.63, 3.8) is 0 Å². The van der Waals surface area contributed by atoms with Crippen LogP contribution in [0.25, 0.3) is 0 Å². The maximum atomic E-state index is 12.1. The summed E-state index contributed by atoms with van der Waals surface area (Å²) in [4.78, 5) is 21.2. The van der Waals surface area contributed by atoms with Gasteiger partial charge in [0.25, 0.3) is 0 Å². The summed E-state index contributed by atoms with van der Waals surface area (Å²) >= 11 is 0. The second kappa shape index (κ2) is 5.38. The molecule has 0 aromatic heterocycles. The zero-order chi connectivity index (χ0) is 13.0. The van der Waals surface area contributed by atoms with Gasteiger partial charge in [0.05, 0.1) is 6.42 Å². The highest BCUT2D eigenvalue weighted by atomic mass is 19.3. The molecule has 1 aromatic rings. The molecule has 1 rings (SSSR count). The highest BCUT2D eigenvalue weighted by Crippen LogP contribution is 2.25. The molecule has 0 saturated carbocycles. The van der Waals surface area contributed by atoms with E-state index in [4.69, 9.17) is 5.11 Å². The van der Waals surface area contributed by atoms with Gasteiger partial charge in [-0.1, -0.05) is 6.07 Å². The van der Waals surface area contributed by atoms with Crippen LogP contribution in [-0.4, -0.2) is 24.0 Å². The Kier molecular flexibility index (Phi) is 4.14. The van der Waals surface area contributed by atoms with Gasteiger partial charge in [-0.25, -0.2) is 0 Å². The average Bonchev–Trinajstić information content (AvgIpc) is 2.20. The maximum absolute atomic E-state index is 12.1. The first kappa shape index (κ1) is 13.1. The van der Waals surface area contributed by atoms with Crippen molar-refractivity contribution in [2.75, 3.05) is 0 Å². The minimum Gasteiger partial charge on any atom is -0.481 e. The number of carbonyl (C=O) groups excluding carboxylic acids is 1. The summed E-state index contributed by atoms with van der Waals surface area (Å²) in [6.45, 7) is -1.48. The second-order valence-corrected chi connectivity index (χ2v) is 3.38. The summed E-state index contributed by atoms with van der Waals surface area (Å²) in [6, 6.07) is 2.47. The summed E-state index contributed by atoms with van der Waals surface area (Å²) < 4.78 is 28.4. The van der Waals surface area contributed by atoms with Crippen LogP contribution in [0.15, 0.2) is 12.1 Å². The van der Waals surface area contributed by atoms with Gasteiger partial charge in [0.15, 0.2) is 0 Å². The quantitative estimate of drug-likeness (QED) is 0.805. The van der Waals surface area contributed by atoms with Crippen LogP contribution in [0.2, 0.25) is 0 Å². The summed E-state index contributed by atoms with van der Waals surface area (Å²) in [7, 11) is 0. The molecule has 0 spiro atoms. The Morgan fingerprint density at radius 2 is 2.18 bits per heavy atom.